The van der Waals surface area contributed by atoms with Gasteiger partial charge >= 0.3 is 5.97 Å². The van der Waals surface area contributed by atoms with Crippen LogP contribution in [0.5, 0.6) is 0 Å². The topological polar surface area (TPSA) is 37.3 Å². The molecule has 1 aromatic rings. The minimum atomic E-state index is -0.709. The van der Waals surface area contributed by atoms with Crippen LogP contribution in [-0.4, -0.2) is 16.3 Å². The second-order valence-corrected chi connectivity index (χ2v) is 4.50. The first kappa shape index (κ1) is 8.63. The molecule has 0 saturated heterocycles. The van der Waals surface area contributed by atoms with Crippen LogP contribution in [0.15, 0.2) is 23.1 Å². The van der Waals surface area contributed by atoms with Gasteiger partial charge in [-0.25, -0.2) is 0 Å². The van der Waals surface area contributed by atoms with E-state index in [0.29, 0.717) is 6.42 Å². The fraction of sp³-hybridized carbons (Fsp3) is 0.300. The Morgan fingerprint density at radius 3 is 3.08 bits per heavy atom. The summed E-state index contributed by atoms with van der Waals surface area (Å²) in [5, 5.41) is 8.55. The summed E-state index contributed by atoms with van der Waals surface area (Å²) in [7, 11) is 0. The molecule has 0 spiro atoms. The largest absolute Gasteiger partial charge is 0.480 e. The van der Waals surface area contributed by atoms with Crippen molar-refractivity contribution in [3.63, 3.8) is 0 Å². The van der Waals surface area contributed by atoms with Crippen LogP contribution < -0.4 is 0 Å². The van der Waals surface area contributed by atoms with Gasteiger partial charge in [0.05, 0.1) is 0 Å². The van der Waals surface area contributed by atoms with E-state index in [9.17, 15) is 4.79 Å². The quantitative estimate of drug-likeness (QED) is 0.743. The number of rotatable bonds is 1. The first-order valence-corrected chi connectivity index (χ1v) is 5.04. The average molecular weight is 194 g/mol. The lowest BCUT2D eigenvalue weighted by atomic mass is 10.1. The van der Waals surface area contributed by atoms with Gasteiger partial charge in [-0.05, 0) is 25.0 Å². The average Bonchev–Trinajstić information content (AvgIpc) is 2.46. The third kappa shape index (κ3) is 1.56. The van der Waals surface area contributed by atoms with Gasteiger partial charge in [-0.2, -0.15) is 0 Å². The Hall–Kier alpha value is -0.960. The molecule has 0 saturated carbocycles. The minimum absolute atomic E-state index is 0.281. The highest BCUT2D eigenvalue weighted by Crippen LogP contribution is 2.37. The maximum Gasteiger partial charge on any atom is 0.317 e. The standard InChI is InChI=1S/C10H10O2S/c1-6-2-3-7-5-9(10(11)12)13-8(7)4-6/h2-4,9H,5H2,1H3,(H,11,12)/t9-/m1/s1. The number of carbonyl (C=O) groups is 1. The molecule has 0 radical (unpaired) electrons. The van der Waals surface area contributed by atoms with Crippen molar-refractivity contribution in [2.75, 3.05) is 0 Å². The van der Waals surface area contributed by atoms with Gasteiger partial charge in [-0.1, -0.05) is 17.7 Å². The second kappa shape index (κ2) is 3.07. The smallest absolute Gasteiger partial charge is 0.317 e. The van der Waals surface area contributed by atoms with Crippen LogP contribution in [0.1, 0.15) is 11.1 Å². The summed E-state index contributed by atoms with van der Waals surface area (Å²) in [5.74, 6) is -0.709. The number of hydrogen-bond donors (Lipinski definition) is 1. The lowest BCUT2D eigenvalue weighted by Gasteiger charge is -1.98. The Balaban J connectivity index is 2.30. The van der Waals surface area contributed by atoms with Crippen molar-refractivity contribution in [1.82, 2.24) is 0 Å². The van der Waals surface area contributed by atoms with Crippen LogP contribution in [0.4, 0.5) is 0 Å². The number of fused-ring (bicyclic) bond motifs is 1. The fourth-order valence-corrected chi connectivity index (χ4v) is 2.70. The number of aryl methyl sites for hydroxylation is 1. The van der Waals surface area contributed by atoms with Crippen LogP contribution in [0.25, 0.3) is 0 Å². The first-order valence-electron chi connectivity index (χ1n) is 4.16. The maximum absolute atomic E-state index is 10.7. The number of aliphatic carboxylic acids is 1. The number of carboxylic acids is 1. The molecule has 68 valence electrons. The lowest BCUT2D eigenvalue weighted by Crippen LogP contribution is -2.14. The summed E-state index contributed by atoms with van der Waals surface area (Å²) in [6, 6.07) is 6.12. The van der Waals surface area contributed by atoms with Gasteiger partial charge in [0.15, 0.2) is 0 Å². The van der Waals surface area contributed by atoms with E-state index in [1.165, 1.54) is 22.9 Å². The molecular formula is C10H10O2S. The number of hydrogen-bond acceptors (Lipinski definition) is 2. The molecule has 0 bridgehead atoms. The molecule has 0 aromatic heterocycles. The summed E-state index contributed by atoms with van der Waals surface area (Å²) in [4.78, 5) is 11.9. The highest BCUT2D eigenvalue weighted by molar-refractivity contribution is 8.01. The number of benzene rings is 1. The van der Waals surface area contributed by atoms with Crippen LogP contribution in [0.2, 0.25) is 0 Å². The summed E-state index contributed by atoms with van der Waals surface area (Å²) in [6.07, 6.45) is 0.662. The van der Waals surface area contributed by atoms with E-state index in [2.05, 4.69) is 6.07 Å². The predicted molar refractivity (Wildman–Crippen MR) is 52.2 cm³/mol. The number of carboxylic acid groups (broad SMARTS) is 1. The summed E-state index contributed by atoms with van der Waals surface area (Å²) in [5.41, 5.74) is 2.36. The van der Waals surface area contributed by atoms with Crippen molar-refractivity contribution in [2.24, 2.45) is 0 Å². The Bertz CT molecular complexity index is 360. The van der Waals surface area contributed by atoms with Crippen LogP contribution in [-0.2, 0) is 11.2 Å². The molecule has 0 aliphatic carbocycles. The van der Waals surface area contributed by atoms with Gasteiger partial charge in [0.2, 0.25) is 0 Å². The Labute approximate surface area is 81.0 Å². The zero-order valence-corrected chi connectivity index (χ0v) is 8.10. The summed E-state index contributed by atoms with van der Waals surface area (Å²) in [6.45, 7) is 2.02. The molecular weight excluding hydrogens is 184 g/mol. The molecule has 3 heteroatoms. The van der Waals surface area contributed by atoms with E-state index >= 15 is 0 Å². The zero-order chi connectivity index (χ0) is 9.42. The van der Waals surface area contributed by atoms with Crippen LogP contribution in [0, 0.1) is 6.92 Å². The van der Waals surface area contributed by atoms with E-state index in [-0.39, 0.29) is 5.25 Å². The summed E-state index contributed by atoms with van der Waals surface area (Å²) >= 11 is 1.46. The van der Waals surface area contributed by atoms with Crippen molar-refractivity contribution in [1.29, 1.82) is 0 Å². The molecule has 1 atom stereocenters. The molecule has 1 heterocycles. The molecule has 1 aromatic carbocycles. The van der Waals surface area contributed by atoms with E-state index < -0.39 is 5.97 Å². The Morgan fingerprint density at radius 1 is 1.62 bits per heavy atom. The Morgan fingerprint density at radius 2 is 2.38 bits per heavy atom. The molecule has 13 heavy (non-hydrogen) atoms. The van der Waals surface area contributed by atoms with Crippen molar-refractivity contribution in [3.05, 3.63) is 29.3 Å². The molecule has 1 N–H and O–H groups in total. The predicted octanol–water partition coefficient (Wildman–Crippen LogP) is 2.10. The van der Waals surface area contributed by atoms with Gasteiger partial charge in [-0.3, -0.25) is 4.79 Å². The first-order chi connectivity index (χ1) is 6.16. The molecule has 0 unspecified atom stereocenters. The van der Waals surface area contributed by atoms with Crippen molar-refractivity contribution in [2.45, 2.75) is 23.5 Å². The molecule has 1 aliphatic rings. The third-order valence-corrected chi connectivity index (χ3v) is 3.46. The monoisotopic (exact) mass is 194 g/mol. The minimum Gasteiger partial charge on any atom is -0.480 e. The van der Waals surface area contributed by atoms with Gasteiger partial charge < -0.3 is 5.11 Å². The van der Waals surface area contributed by atoms with E-state index in [1.807, 2.05) is 19.1 Å². The van der Waals surface area contributed by atoms with Crippen LogP contribution in [0.3, 0.4) is 0 Å². The van der Waals surface area contributed by atoms with E-state index in [1.54, 1.807) is 0 Å². The third-order valence-electron chi connectivity index (χ3n) is 2.17. The van der Waals surface area contributed by atoms with E-state index in [4.69, 9.17) is 5.11 Å². The zero-order valence-electron chi connectivity index (χ0n) is 7.28. The van der Waals surface area contributed by atoms with Crippen LogP contribution >= 0.6 is 11.8 Å². The van der Waals surface area contributed by atoms with Crippen molar-refractivity contribution < 1.29 is 9.90 Å². The molecule has 0 fully saturated rings. The molecule has 0 amide bonds. The van der Waals surface area contributed by atoms with Crippen molar-refractivity contribution >= 4 is 17.7 Å². The van der Waals surface area contributed by atoms with Gasteiger partial charge in [0.1, 0.15) is 5.25 Å². The molecule has 1 aliphatic heterocycles. The highest BCUT2D eigenvalue weighted by atomic mass is 32.2. The van der Waals surface area contributed by atoms with Gasteiger partial charge in [-0.15, -0.1) is 11.8 Å². The normalized spacial score (nSPS) is 19.9. The van der Waals surface area contributed by atoms with E-state index in [0.717, 1.165) is 4.90 Å². The lowest BCUT2D eigenvalue weighted by molar-refractivity contribution is -0.136. The number of thioether (sulfide) groups is 1. The summed E-state index contributed by atoms with van der Waals surface area (Å²) < 4.78 is 0. The highest BCUT2D eigenvalue weighted by Gasteiger charge is 2.27. The van der Waals surface area contributed by atoms with Crippen molar-refractivity contribution in [3.8, 4) is 0 Å². The maximum atomic E-state index is 10.7. The molecule has 2 nitrogen and oxygen atoms in total. The molecule has 2 rings (SSSR count). The van der Waals surface area contributed by atoms with Gasteiger partial charge in [0, 0.05) is 4.90 Å². The Kier molecular flexibility index (Phi) is 2.04. The second-order valence-electron chi connectivity index (χ2n) is 3.26. The SMILES string of the molecule is Cc1ccc2c(c1)S[C@@H](C(=O)O)C2. The fourth-order valence-electron chi connectivity index (χ4n) is 1.47. The van der Waals surface area contributed by atoms with Gasteiger partial charge in [0.25, 0.3) is 0 Å².